The standard InChI is InChI=1S/C19H28BrNO4/c1-3-24-18(22)14-21-11-9-19(23,10-12-21)8-5-13-25-17-7-4-6-16(20)15(17)2/h4,6-7,23H,3,5,8-14H2,1-2H3. The number of esters is 1. The lowest BCUT2D eigenvalue weighted by molar-refractivity contribution is -0.145. The van der Waals surface area contributed by atoms with Crippen molar-refractivity contribution in [1.29, 1.82) is 0 Å². The van der Waals surface area contributed by atoms with Gasteiger partial charge in [-0.05, 0) is 51.7 Å². The van der Waals surface area contributed by atoms with Crippen molar-refractivity contribution < 1.29 is 19.4 Å². The molecule has 25 heavy (non-hydrogen) atoms. The van der Waals surface area contributed by atoms with E-state index in [-0.39, 0.29) is 5.97 Å². The van der Waals surface area contributed by atoms with Crippen molar-refractivity contribution in [3.63, 3.8) is 0 Å². The molecule has 0 radical (unpaired) electrons. The Morgan fingerprint density at radius 3 is 2.76 bits per heavy atom. The first-order valence-electron chi connectivity index (χ1n) is 8.92. The molecule has 1 aliphatic heterocycles. The number of carbonyl (C=O) groups is 1. The zero-order chi connectivity index (χ0) is 18.3. The summed E-state index contributed by atoms with van der Waals surface area (Å²) in [7, 11) is 0. The van der Waals surface area contributed by atoms with Gasteiger partial charge < -0.3 is 14.6 Å². The van der Waals surface area contributed by atoms with Gasteiger partial charge in [0, 0.05) is 23.1 Å². The van der Waals surface area contributed by atoms with Gasteiger partial charge in [0.2, 0.25) is 0 Å². The normalized spacial score (nSPS) is 17.3. The maximum absolute atomic E-state index is 11.5. The molecule has 1 fully saturated rings. The van der Waals surface area contributed by atoms with Crippen LogP contribution in [0.4, 0.5) is 0 Å². The van der Waals surface area contributed by atoms with Crippen molar-refractivity contribution in [3.05, 3.63) is 28.2 Å². The molecule has 2 rings (SSSR count). The van der Waals surface area contributed by atoms with Gasteiger partial charge in [0.25, 0.3) is 0 Å². The third kappa shape index (κ3) is 6.28. The van der Waals surface area contributed by atoms with Crippen LogP contribution in [0.15, 0.2) is 22.7 Å². The second-order valence-corrected chi connectivity index (χ2v) is 7.47. The van der Waals surface area contributed by atoms with E-state index in [1.54, 1.807) is 0 Å². The first kappa shape index (κ1) is 20.2. The minimum atomic E-state index is -0.652. The molecule has 0 spiro atoms. The fraction of sp³-hybridized carbons (Fsp3) is 0.632. The minimum Gasteiger partial charge on any atom is -0.493 e. The molecule has 5 nitrogen and oxygen atoms in total. The van der Waals surface area contributed by atoms with Crippen LogP contribution in [-0.2, 0) is 9.53 Å². The van der Waals surface area contributed by atoms with E-state index in [1.165, 1.54) is 0 Å². The molecule has 1 aromatic rings. The highest BCUT2D eigenvalue weighted by molar-refractivity contribution is 9.10. The van der Waals surface area contributed by atoms with Gasteiger partial charge in [-0.1, -0.05) is 22.0 Å². The Bertz CT molecular complexity index is 571. The van der Waals surface area contributed by atoms with Crippen LogP contribution in [-0.4, -0.2) is 54.4 Å². The maximum Gasteiger partial charge on any atom is 0.320 e. The van der Waals surface area contributed by atoms with E-state index >= 15 is 0 Å². The number of piperidine rings is 1. The van der Waals surface area contributed by atoms with Gasteiger partial charge in [0.15, 0.2) is 0 Å². The molecule has 1 N–H and O–H groups in total. The van der Waals surface area contributed by atoms with Crippen LogP contribution in [0.5, 0.6) is 5.75 Å². The molecule has 0 unspecified atom stereocenters. The molecule has 140 valence electrons. The van der Waals surface area contributed by atoms with Crippen LogP contribution in [0.1, 0.15) is 38.2 Å². The fourth-order valence-electron chi connectivity index (χ4n) is 3.09. The third-order valence-corrected chi connectivity index (χ3v) is 5.57. The topological polar surface area (TPSA) is 59.0 Å². The molecule has 1 aromatic carbocycles. The van der Waals surface area contributed by atoms with E-state index in [2.05, 4.69) is 15.9 Å². The van der Waals surface area contributed by atoms with E-state index in [0.717, 1.165) is 35.3 Å². The molecule has 0 atom stereocenters. The molecule has 1 aliphatic rings. The van der Waals surface area contributed by atoms with E-state index < -0.39 is 5.60 Å². The number of hydrogen-bond acceptors (Lipinski definition) is 5. The fourth-order valence-corrected chi connectivity index (χ4v) is 3.44. The molecule has 1 saturated heterocycles. The molecule has 0 amide bonds. The monoisotopic (exact) mass is 413 g/mol. The second kappa shape index (κ2) is 9.55. The van der Waals surface area contributed by atoms with Crippen molar-refractivity contribution in [3.8, 4) is 5.75 Å². The number of benzene rings is 1. The van der Waals surface area contributed by atoms with Crippen LogP contribution < -0.4 is 4.74 Å². The summed E-state index contributed by atoms with van der Waals surface area (Å²) < 4.78 is 11.9. The average Bonchev–Trinajstić information content (AvgIpc) is 2.58. The molecule has 6 heteroatoms. The summed E-state index contributed by atoms with van der Waals surface area (Å²) >= 11 is 3.50. The summed E-state index contributed by atoms with van der Waals surface area (Å²) in [5.74, 6) is 0.691. The number of ether oxygens (including phenoxy) is 2. The van der Waals surface area contributed by atoms with Gasteiger partial charge in [-0.15, -0.1) is 0 Å². The molecular weight excluding hydrogens is 386 g/mol. The van der Waals surface area contributed by atoms with Crippen molar-refractivity contribution in [2.24, 2.45) is 0 Å². The van der Waals surface area contributed by atoms with Gasteiger partial charge in [-0.3, -0.25) is 9.69 Å². The van der Waals surface area contributed by atoms with E-state index in [0.29, 0.717) is 39.0 Å². The van der Waals surface area contributed by atoms with Crippen molar-refractivity contribution in [1.82, 2.24) is 4.90 Å². The smallest absolute Gasteiger partial charge is 0.320 e. The predicted octanol–water partition coefficient (Wildman–Crippen LogP) is 3.31. The Morgan fingerprint density at radius 2 is 2.08 bits per heavy atom. The van der Waals surface area contributed by atoms with E-state index in [9.17, 15) is 9.90 Å². The Morgan fingerprint density at radius 1 is 1.36 bits per heavy atom. The first-order chi connectivity index (χ1) is 11.9. The van der Waals surface area contributed by atoms with Gasteiger partial charge in [-0.25, -0.2) is 0 Å². The summed E-state index contributed by atoms with van der Waals surface area (Å²) in [5, 5.41) is 10.7. The molecular formula is C19H28BrNO4. The first-order valence-corrected chi connectivity index (χ1v) is 9.71. The number of rotatable bonds is 8. The second-order valence-electron chi connectivity index (χ2n) is 6.62. The molecule has 0 saturated carbocycles. The molecule has 1 heterocycles. The largest absolute Gasteiger partial charge is 0.493 e. The highest BCUT2D eigenvalue weighted by Gasteiger charge is 2.32. The van der Waals surface area contributed by atoms with Crippen molar-refractivity contribution >= 4 is 21.9 Å². The Labute approximate surface area is 158 Å². The minimum absolute atomic E-state index is 0.189. The number of aliphatic hydroxyl groups is 1. The summed E-state index contributed by atoms with van der Waals surface area (Å²) in [6.07, 6.45) is 2.89. The van der Waals surface area contributed by atoms with Crippen LogP contribution in [0, 0.1) is 6.92 Å². The summed E-state index contributed by atoms with van der Waals surface area (Å²) in [5.41, 5.74) is 0.439. The summed E-state index contributed by atoms with van der Waals surface area (Å²) in [6, 6.07) is 5.91. The van der Waals surface area contributed by atoms with Crippen molar-refractivity contribution in [2.45, 2.75) is 45.1 Å². The lowest BCUT2D eigenvalue weighted by Gasteiger charge is -2.37. The Balaban J connectivity index is 1.69. The van der Waals surface area contributed by atoms with E-state index in [4.69, 9.17) is 9.47 Å². The number of nitrogens with zero attached hydrogens (tertiary/aromatic N) is 1. The number of likely N-dealkylation sites (tertiary alicyclic amines) is 1. The highest BCUT2D eigenvalue weighted by Crippen LogP contribution is 2.28. The van der Waals surface area contributed by atoms with Crippen molar-refractivity contribution in [2.75, 3.05) is 32.8 Å². The SMILES string of the molecule is CCOC(=O)CN1CCC(O)(CCCOc2cccc(Br)c2C)CC1. The molecule has 0 aliphatic carbocycles. The predicted molar refractivity (Wildman–Crippen MR) is 101 cm³/mol. The highest BCUT2D eigenvalue weighted by atomic mass is 79.9. The third-order valence-electron chi connectivity index (χ3n) is 4.71. The lowest BCUT2D eigenvalue weighted by atomic mass is 9.87. The van der Waals surface area contributed by atoms with Crippen LogP contribution in [0.2, 0.25) is 0 Å². The lowest BCUT2D eigenvalue weighted by Crippen LogP contribution is -2.46. The zero-order valence-corrected chi connectivity index (χ0v) is 16.7. The average molecular weight is 414 g/mol. The van der Waals surface area contributed by atoms with Gasteiger partial charge >= 0.3 is 5.97 Å². The maximum atomic E-state index is 11.5. The zero-order valence-electron chi connectivity index (χ0n) is 15.1. The number of hydrogen-bond donors (Lipinski definition) is 1. The summed E-state index contributed by atoms with van der Waals surface area (Å²) in [6.45, 7) is 6.59. The quantitative estimate of drug-likeness (QED) is 0.523. The molecule has 0 aromatic heterocycles. The van der Waals surface area contributed by atoms with Gasteiger partial charge in [-0.2, -0.15) is 0 Å². The molecule has 0 bridgehead atoms. The van der Waals surface area contributed by atoms with Crippen LogP contribution in [0.3, 0.4) is 0 Å². The Hall–Kier alpha value is -1.11. The number of halogens is 1. The number of carbonyl (C=O) groups excluding carboxylic acids is 1. The van der Waals surface area contributed by atoms with E-state index in [1.807, 2.05) is 36.9 Å². The van der Waals surface area contributed by atoms with Gasteiger partial charge in [0.05, 0.1) is 25.4 Å². The van der Waals surface area contributed by atoms with Crippen LogP contribution in [0.25, 0.3) is 0 Å². The summed E-state index contributed by atoms with van der Waals surface area (Å²) in [4.78, 5) is 13.6. The van der Waals surface area contributed by atoms with Crippen LogP contribution >= 0.6 is 15.9 Å². The Kier molecular flexibility index (Phi) is 7.72. The van der Waals surface area contributed by atoms with Gasteiger partial charge in [0.1, 0.15) is 5.75 Å².